The SMILES string of the molecule is COc1ccc(Br)cc1CN1CC2CCC(N)C2C1.Cl. The topological polar surface area (TPSA) is 38.5 Å². The van der Waals surface area contributed by atoms with Crippen LogP contribution in [0.25, 0.3) is 0 Å². The van der Waals surface area contributed by atoms with Gasteiger partial charge in [-0.3, -0.25) is 4.90 Å². The summed E-state index contributed by atoms with van der Waals surface area (Å²) in [7, 11) is 1.74. The van der Waals surface area contributed by atoms with E-state index in [0.717, 1.165) is 29.2 Å². The van der Waals surface area contributed by atoms with Gasteiger partial charge in [0.25, 0.3) is 0 Å². The molecule has 3 unspecified atom stereocenters. The van der Waals surface area contributed by atoms with Crippen molar-refractivity contribution in [1.82, 2.24) is 4.90 Å². The van der Waals surface area contributed by atoms with Crippen LogP contribution in [0.2, 0.25) is 0 Å². The highest BCUT2D eigenvalue weighted by molar-refractivity contribution is 9.10. The fraction of sp³-hybridized carbons (Fsp3) is 0.600. The largest absolute Gasteiger partial charge is 0.496 e. The Morgan fingerprint density at radius 3 is 2.85 bits per heavy atom. The minimum atomic E-state index is 0. The van der Waals surface area contributed by atoms with Crippen molar-refractivity contribution in [3.8, 4) is 5.75 Å². The fourth-order valence-electron chi connectivity index (χ4n) is 3.64. The lowest BCUT2D eigenvalue weighted by Crippen LogP contribution is -2.30. The molecule has 1 heterocycles. The number of rotatable bonds is 3. The summed E-state index contributed by atoms with van der Waals surface area (Å²) in [6.07, 6.45) is 2.52. The Kier molecular flexibility index (Phi) is 5.35. The summed E-state index contributed by atoms with van der Waals surface area (Å²) >= 11 is 3.54. The zero-order valence-corrected chi connectivity index (χ0v) is 14.1. The lowest BCUT2D eigenvalue weighted by molar-refractivity contribution is 0.291. The molecule has 3 atom stereocenters. The molecule has 2 fully saturated rings. The van der Waals surface area contributed by atoms with Crippen LogP contribution >= 0.6 is 28.3 Å². The Morgan fingerprint density at radius 2 is 2.15 bits per heavy atom. The average molecular weight is 362 g/mol. The monoisotopic (exact) mass is 360 g/mol. The first-order chi connectivity index (χ1) is 9.17. The third kappa shape index (κ3) is 3.14. The predicted molar refractivity (Wildman–Crippen MR) is 87.4 cm³/mol. The van der Waals surface area contributed by atoms with Gasteiger partial charge in [0.15, 0.2) is 0 Å². The van der Waals surface area contributed by atoms with Gasteiger partial charge in [0.1, 0.15) is 5.75 Å². The van der Waals surface area contributed by atoms with Crippen LogP contribution in [-0.4, -0.2) is 31.1 Å². The normalized spacial score (nSPS) is 29.1. The lowest BCUT2D eigenvalue weighted by atomic mass is 9.98. The maximum atomic E-state index is 6.20. The van der Waals surface area contributed by atoms with Crippen molar-refractivity contribution in [1.29, 1.82) is 0 Å². The van der Waals surface area contributed by atoms with E-state index >= 15 is 0 Å². The number of hydrogen-bond donors (Lipinski definition) is 1. The highest BCUT2D eigenvalue weighted by Gasteiger charge is 2.40. The van der Waals surface area contributed by atoms with Crippen LogP contribution in [0.5, 0.6) is 5.75 Å². The van der Waals surface area contributed by atoms with Crippen LogP contribution in [0.15, 0.2) is 22.7 Å². The Balaban J connectivity index is 0.00000147. The van der Waals surface area contributed by atoms with Crippen LogP contribution in [0.1, 0.15) is 18.4 Å². The molecule has 5 heteroatoms. The van der Waals surface area contributed by atoms with Crippen molar-refractivity contribution >= 4 is 28.3 Å². The van der Waals surface area contributed by atoms with Gasteiger partial charge in [0.05, 0.1) is 7.11 Å². The molecular formula is C15H22BrClN2O. The first-order valence-electron chi connectivity index (χ1n) is 6.97. The smallest absolute Gasteiger partial charge is 0.123 e. The van der Waals surface area contributed by atoms with E-state index in [9.17, 15) is 0 Å². The standard InChI is InChI=1S/C15H21BrN2O.ClH/c1-19-15-5-3-12(16)6-11(15)8-18-7-10-2-4-14(17)13(10)9-18;/h3,5-6,10,13-14H,2,4,7-9,17H2,1H3;1H. The lowest BCUT2D eigenvalue weighted by Gasteiger charge is -2.20. The summed E-state index contributed by atoms with van der Waals surface area (Å²) in [5.41, 5.74) is 7.45. The van der Waals surface area contributed by atoms with E-state index in [2.05, 4.69) is 26.9 Å². The number of hydrogen-bond acceptors (Lipinski definition) is 3. The molecule has 2 N–H and O–H groups in total. The summed E-state index contributed by atoms with van der Waals surface area (Å²) in [6.45, 7) is 3.29. The number of benzene rings is 1. The minimum absolute atomic E-state index is 0. The Labute approximate surface area is 135 Å². The quantitative estimate of drug-likeness (QED) is 0.899. The predicted octanol–water partition coefficient (Wildman–Crippen LogP) is 3.05. The Hall–Kier alpha value is -0.290. The van der Waals surface area contributed by atoms with Gasteiger partial charge in [-0.2, -0.15) is 0 Å². The zero-order chi connectivity index (χ0) is 13.4. The molecule has 3 rings (SSSR count). The second kappa shape index (κ2) is 6.65. The molecule has 2 aliphatic rings. The second-order valence-corrected chi connectivity index (χ2v) is 6.73. The molecule has 1 saturated carbocycles. The van der Waals surface area contributed by atoms with E-state index in [-0.39, 0.29) is 12.4 Å². The summed E-state index contributed by atoms with van der Waals surface area (Å²) < 4.78 is 6.56. The van der Waals surface area contributed by atoms with Crippen molar-refractivity contribution in [2.24, 2.45) is 17.6 Å². The fourth-order valence-corrected chi connectivity index (χ4v) is 4.05. The number of ether oxygens (including phenoxy) is 1. The number of nitrogens with two attached hydrogens (primary N) is 1. The molecular weight excluding hydrogens is 340 g/mol. The van der Waals surface area contributed by atoms with Gasteiger partial charge in [-0.1, -0.05) is 15.9 Å². The molecule has 0 amide bonds. The molecule has 0 radical (unpaired) electrons. The van der Waals surface area contributed by atoms with Crippen molar-refractivity contribution in [3.63, 3.8) is 0 Å². The molecule has 0 spiro atoms. The van der Waals surface area contributed by atoms with E-state index in [1.165, 1.54) is 24.9 Å². The van der Waals surface area contributed by atoms with Crippen molar-refractivity contribution in [3.05, 3.63) is 28.2 Å². The summed E-state index contributed by atoms with van der Waals surface area (Å²) in [4.78, 5) is 2.53. The van der Waals surface area contributed by atoms with Crippen LogP contribution in [0.4, 0.5) is 0 Å². The first-order valence-corrected chi connectivity index (χ1v) is 7.77. The molecule has 1 aliphatic carbocycles. The molecule has 1 saturated heterocycles. The van der Waals surface area contributed by atoms with Gasteiger partial charge in [-0.15, -0.1) is 12.4 Å². The zero-order valence-electron chi connectivity index (χ0n) is 11.7. The average Bonchev–Trinajstić information content (AvgIpc) is 2.92. The molecule has 1 aromatic carbocycles. The third-order valence-electron chi connectivity index (χ3n) is 4.62. The summed E-state index contributed by atoms with van der Waals surface area (Å²) in [6, 6.07) is 6.63. The molecule has 0 bridgehead atoms. The molecule has 20 heavy (non-hydrogen) atoms. The molecule has 1 aromatic rings. The van der Waals surface area contributed by atoms with E-state index in [4.69, 9.17) is 10.5 Å². The maximum Gasteiger partial charge on any atom is 0.123 e. The molecule has 3 nitrogen and oxygen atoms in total. The molecule has 0 aromatic heterocycles. The Morgan fingerprint density at radius 1 is 1.35 bits per heavy atom. The number of fused-ring (bicyclic) bond motifs is 1. The molecule has 1 aliphatic heterocycles. The third-order valence-corrected chi connectivity index (χ3v) is 5.12. The van der Waals surface area contributed by atoms with Crippen LogP contribution in [-0.2, 0) is 6.54 Å². The van der Waals surface area contributed by atoms with Gasteiger partial charge in [0.2, 0.25) is 0 Å². The first kappa shape index (κ1) is 16.1. The number of likely N-dealkylation sites (tertiary alicyclic amines) is 1. The number of nitrogens with zero attached hydrogens (tertiary/aromatic N) is 1. The number of methoxy groups -OCH3 is 1. The van der Waals surface area contributed by atoms with Crippen molar-refractivity contribution in [2.75, 3.05) is 20.2 Å². The number of halogens is 2. The second-order valence-electron chi connectivity index (χ2n) is 5.82. The van der Waals surface area contributed by atoms with Gasteiger partial charge >= 0.3 is 0 Å². The summed E-state index contributed by atoms with van der Waals surface area (Å²) in [5.74, 6) is 2.50. The highest BCUT2D eigenvalue weighted by Crippen LogP contribution is 2.38. The van der Waals surface area contributed by atoms with Gasteiger partial charge in [-0.05, 0) is 42.9 Å². The Bertz CT molecular complexity index is 471. The minimum Gasteiger partial charge on any atom is -0.496 e. The van der Waals surface area contributed by atoms with Crippen LogP contribution < -0.4 is 10.5 Å². The van der Waals surface area contributed by atoms with Gasteiger partial charge in [0, 0.05) is 35.7 Å². The van der Waals surface area contributed by atoms with Crippen molar-refractivity contribution in [2.45, 2.75) is 25.4 Å². The highest BCUT2D eigenvalue weighted by atomic mass is 79.9. The van der Waals surface area contributed by atoms with Gasteiger partial charge in [-0.25, -0.2) is 0 Å². The van der Waals surface area contributed by atoms with Crippen molar-refractivity contribution < 1.29 is 4.74 Å². The van der Waals surface area contributed by atoms with Gasteiger partial charge < -0.3 is 10.5 Å². The van der Waals surface area contributed by atoms with Crippen LogP contribution in [0.3, 0.4) is 0 Å². The van der Waals surface area contributed by atoms with E-state index in [1.54, 1.807) is 7.11 Å². The van der Waals surface area contributed by atoms with E-state index in [1.807, 2.05) is 12.1 Å². The van der Waals surface area contributed by atoms with Crippen LogP contribution in [0, 0.1) is 11.8 Å². The summed E-state index contributed by atoms with van der Waals surface area (Å²) in [5, 5.41) is 0. The van der Waals surface area contributed by atoms with E-state index in [0.29, 0.717) is 12.0 Å². The van der Waals surface area contributed by atoms with E-state index < -0.39 is 0 Å². The maximum absolute atomic E-state index is 6.20. The molecule has 112 valence electrons.